The van der Waals surface area contributed by atoms with Crippen molar-refractivity contribution >= 4 is 17.3 Å². The number of hydrogen-bond donors (Lipinski definition) is 1. The van der Waals surface area contributed by atoms with E-state index < -0.39 is 16.9 Å². The number of nitrogens with one attached hydrogen (secondary N) is 1. The molecule has 27 heavy (non-hydrogen) atoms. The van der Waals surface area contributed by atoms with Crippen LogP contribution in [0.15, 0.2) is 36.4 Å². The Morgan fingerprint density at radius 3 is 2.70 bits per heavy atom. The van der Waals surface area contributed by atoms with Crippen LogP contribution < -0.4 is 14.8 Å². The van der Waals surface area contributed by atoms with Crippen LogP contribution in [0.3, 0.4) is 0 Å². The summed E-state index contributed by atoms with van der Waals surface area (Å²) in [6.07, 6.45) is 3.48. The minimum absolute atomic E-state index is 0.128. The molecule has 7 nitrogen and oxygen atoms in total. The standard InChI is InChI=1S/C20H22N2O5/c1-13(27-18-9-5-7-14-6-3-4-8-16(14)18)20(23)21-17-12-15(22(24)25)10-11-19(17)26-2/h5,7,9-13H,3-4,6,8H2,1-2H3,(H,21,23)/t13-/m1/s1. The third-order valence-corrected chi connectivity index (χ3v) is 4.68. The van der Waals surface area contributed by atoms with Crippen LogP contribution in [-0.2, 0) is 17.6 Å². The number of fused-ring (bicyclic) bond motifs is 1. The van der Waals surface area contributed by atoms with Gasteiger partial charge in [0, 0.05) is 12.1 Å². The molecule has 1 N–H and O–H groups in total. The number of anilines is 1. The zero-order valence-electron chi connectivity index (χ0n) is 15.4. The monoisotopic (exact) mass is 370 g/mol. The van der Waals surface area contributed by atoms with Gasteiger partial charge in [0.15, 0.2) is 6.10 Å². The van der Waals surface area contributed by atoms with E-state index >= 15 is 0 Å². The number of carbonyl (C=O) groups excluding carboxylic acids is 1. The van der Waals surface area contributed by atoms with Crippen LogP contribution in [-0.4, -0.2) is 24.0 Å². The van der Waals surface area contributed by atoms with E-state index in [4.69, 9.17) is 9.47 Å². The van der Waals surface area contributed by atoms with Crippen LogP contribution in [0.1, 0.15) is 30.9 Å². The first-order valence-corrected chi connectivity index (χ1v) is 8.90. The van der Waals surface area contributed by atoms with Crippen molar-refractivity contribution in [3.63, 3.8) is 0 Å². The van der Waals surface area contributed by atoms with Gasteiger partial charge in [0.05, 0.1) is 17.7 Å². The molecule has 0 aromatic heterocycles. The summed E-state index contributed by atoms with van der Waals surface area (Å²) in [6.45, 7) is 1.65. The number of benzene rings is 2. The number of nitro benzene ring substituents is 1. The predicted molar refractivity (Wildman–Crippen MR) is 101 cm³/mol. The van der Waals surface area contributed by atoms with Crippen molar-refractivity contribution in [1.29, 1.82) is 0 Å². The Morgan fingerprint density at radius 2 is 1.96 bits per heavy atom. The Hall–Kier alpha value is -3.09. The molecule has 0 aliphatic heterocycles. The first-order valence-electron chi connectivity index (χ1n) is 8.90. The fraction of sp³-hybridized carbons (Fsp3) is 0.350. The highest BCUT2D eigenvalue weighted by molar-refractivity contribution is 5.95. The SMILES string of the molecule is COc1ccc([N+](=O)[O-])cc1NC(=O)[C@@H](C)Oc1cccc2c1CCCC2. The maximum absolute atomic E-state index is 12.6. The highest BCUT2D eigenvalue weighted by Gasteiger charge is 2.21. The third kappa shape index (κ3) is 4.19. The molecule has 3 rings (SSSR count). The average Bonchev–Trinajstić information content (AvgIpc) is 2.68. The van der Waals surface area contributed by atoms with Crippen LogP contribution in [0.5, 0.6) is 11.5 Å². The molecule has 0 radical (unpaired) electrons. The van der Waals surface area contributed by atoms with Gasteiger partial charge in [-0.2, -0.15) is 0 Å². The Bertz CT molecular complexity index is 865. The van der Waals surface area contributed by atoms with Gasteiger partial charge in [-0.15, -0.1) is 0 Å². The summed E-state index contributed by atoms with van der Waals surface area (Å²) in [5.41, 5.74) is 2.54. The van der Waals surface area contributed by atoms with Gasteiger partial charge in [0.25, 0.3) is 11.6 Å². The van der Waals surface area contributed by atoms with Crippen LogP contribution in [0, 0.1) is 10.1 Å². The van der Waals surface area contributed by atoms with Crippen molar-refractivity contribution < 1.29 is 19.2 Å². The molecule has 0 fully saturated rings. The van der Waals surface area contributed by atoms with E-state index in [9.17, 15) is 14.9 Å². The summed E-state index contributed by atoms with van der Waals surface area (Å²) in [5, 5.41) is 13.6. The Kier molecular flexibility index (Phi) is 5.59. The number of amides is 1. The second kappa shape index (κ2) is 8.07. The van der Waals surface area contributed by atoms with E-state index in [0.717, 1.165) is 30.6 Å². The van der Waals surface area contributed by atoms with E-state index in [-0.39, 0.29) is 11.4 Å². The molecule has 0 saturated carbocycles. The van der Waals surface area contributed by atoms with Gasteiger partial charge >= 0.3 is 0 Å². The lowest BCUT2D eigenvalue weighted by molar-refractivity contribution is -0.384. The van der Waals surface area contributed by atoms with Crippen LogP contribution in [0.25, 0.3) is 0 Å². The minimum atomic E-state index is -0.762. The molecule has 0 saturated heterocycles. The number of non-ortho nitro benzene ring substituents is 1. The highest BCUT2D eigenvalue weighted by Crippen LogP contribution is 2.31. The first kappa shape index (κ1) is 18.7. The topological polar surface area (TPSA) is 90.7 Å². The molecular formula is C20H22N2O5. The Balaban J connectivity index is 1.75. The number of nitrogens with zero attached hydrogens (tertiary/aromatic N) is 1. The van der Waals surface area contributed by atoms with E-state index in [2.05, 4.69) is 11.4 Å². The molecule has 1 aliphatic rings. The number of aryl methyl sites for hydroxylation is 1. The highest BCUT2D eigenvalue weighted by atomic mass is 16.6. The average molecular weight is 370 g/mol. The van der Waals surface area contributed by atoms with Gasteiger partial charge in [-0.3, -0.25) is 14.9 Å². The largest absolute Gasteiger partial charge is 0.495 e. The predicted octanol–water partition coefficient (Wildman–Crippen LogP) is 3.89. The van der Waals surface area contributed by atoms with Crippen molar-refractivity contribution in [1.82, 2.24) is 0 Å². The molecule has 142 valence electrons. The van der Waals surface area contributed by atoms with Crippen molar-refractivity contribution in [2.45, 2.75) is 38.7 Å². The molecule has 0 unspecified atom stereocenters. The lowest BCUT2D eigenvalue weighted by Gasteiger charge is -2.22. The summed E-state index contributed by atoms with van der Waals surface area (Å²) in [4.78, 5) is 23.0. The molecule has 0 bridgehead atoms. The van der Waals surface area contributed by atoms with E-state index in [1.165, 1.54) is 37.3 Å². The quantitative estimate of drug-likeness (QED) is 0.615. The summed E-state index contributed by atoms with van der Waals surface area (Å²) in [7, 11) is 1.44. The van der Waals surface area contributed by atoms with Crippen LogP contribution in [0.2, 0.25) is 0 Å². The summed E-state index contributed by atoms with van der Waals surface area (Å²) >= 11 is 0. The third-order valence-electron chi connectivity index (χ3n) is 4.68. The lowest BCUT2D eigenvalue weighted by atomic mass is 9.91. The number of nitro groups is 1. The molecule has 2 aromatic carbocycles. The molecule has 0 spiro atoms. The normalized spacial score (nSPS) is 14.0. The zero-order chi connectivity index (χ0) is 19.4. The number of ether oxygens (including phenoxy) is 2. The number of hydrogen-bond acceptors (Lipinski definition) is 5. The minimum Gasteiger partial charge on any atom is -0.495 e. The van der Waals surface area contributed by atoms with Crippen molar-refractivity contribution in [3.8, 4) is 11.5 Å². The van der Waals surface area contributed by atoms with Gasteiger partial charge < -0.3 is 14.8 Å². The first-order chi connectivity index (χ1) is 13.0. The smallest absolute Gasteiger partial charge is 0.271 e. The molecule has 0 heterocycles. The number of carbonyl (C=O) groups is 1. The van der Waals surface area contributed by atoms with Crippen LogP contribution in [0.4, 0.5) is 11.4 Å². The number of methoxy groups -OCH3 is 1. The lowest BCUT2D eigenvalue weighted by Crippen LogP contribution is -2.30. The van der Waals surface area contributed by atoms with E-state index in [1.807, 2.05) is 12.1 Å². The molecular weight excluding hydrogens is 348 g/mol. The van der Waals surface area contributed by atoms with Gasteiger partial charge in [-0.25, -0.2) is 0 Å². The van der Waals surface area contributed by atoms with E-state index in [0.29, 0.717) is 5.75 Å². The van der Waals surface area contributed by atoms with Gasteiger partial charge in [-0.1, -0.05) is 12.1 Å². The second-order valence-electron chi connectivity index (χ2n) is 6.49. The fourth-order valence-electron chi connectivity index (χ4n) is 3.24. The van der Waals surface area contributed by atoms with E-state index in [1.54, 1.807) is 6.92 Å². The van der Waals surface area contributed by atoms with Crippen molar-refractivity contribution in [3.05, 3.63) is 57.6 Å². The van der Waals surface area contributed by atoms with Crippen molar-refractivity contribution in [2.24, 2.45) is 0 Å². The molecule has 2 aromatic rings. The summed E-state index contributed by atoms with van der Waals surface area (Å²) in [5.74, 6) is 0.668. The Morgan fingerprint density at radius 1 is 1.19 bits per heavy atom. The van der Waals surface area contributed by atoms with Gasteiger partial charge in [0.2, 0.25) is 0 Å². The molecule has 1 amide bonds. The van der Waals surface area contributed by atoms with Crippen LogP contribution >= 0.6 is 0 Å². The molecule has 1 atom stereocenters. The van der Waals surface area contributed by atoms with Gasteiger partial charge in [0.1, 0.15) is 11.5 Å². The Labute approximate surface area is 157 Å². The fourth-order valence-corrected chi connectivity index (χ4v) is 3.24. The molecule has 1 aliphatic carbocycles. The van der Waals surface area contributed by atoms with Crippen molar-refractivity contribution in [2.75, 3.05) is 12.4 Å². The summed E-state index contributed by atoms with van der Waals surface area (Å²) < 4.78 is 11.1. The molecule has 7 heteroatoms. The zero-order valence-corrected chi connectivity index (χ0v) is 15.4. The number of rotatable bonds is 6. The maximum Gasteiger partial charge on any atom is 0.271 e. The summed E-state index contributed by atoms with van der Waals surface area (Å²) in [6, 6.07) is 9.96. The van der Waals surface area contributed by atoms with Gasteiger partial charge in [-0.05, 0) is 55.9 Å². The second-order valence-corrected chi connectivity index (χ2v) is 6.49. The maximum atomic E-state index is 12.6.